The average molecular weight is 449 g/mol. The number of ether oxygens (including phenoxy) is 2. The van der Waals surface area contributed by atoms with Crippen molar-refractivity contribution in [3.63, 3.8) is 0 Å². The highest BCUT2D eigenvalue weighted by molar-refractivity contribution is 5.85. The topological polar surface area (TPSA) is 147 Å². The molecular weight excluding hydrogens is 427 g/mol. The molecule has 0 saturated heterocycles. The second-order valence-electron chi connectivity index (χ2n) is 5.74. The second kappa shape index (κ2) is 11.4. The number of nitrogens with two attached hydrogens (primary N) is 4. The lowest BCUT2D eigenvalue weighted by Crippen LogP contribution is -2.21. The minimum absolute atomic E-state index is 0. The number of hydrogen-bond donors (Lipinski definition) is 4. The van der Waals surface area contributed by atoms with Gasteiger partial charge in [0, 0.05) is 0 Å². The summed E-state index contributed by atoms with van der Waals surface area (Å²) in [5.41, 5.74) is 22.7. The van der Waals surface area contributed by atoms with Crippen LogP contribution in [0.25, 0.3) is 0 Å². The number of hydrogen-bond acceptors (Lipinski definition) is 4. The molecule has 0 saturated carbocycles. The summed E-state index contributed by atoms with van der Waals surface area (Å²) < 4.78 is 11.6. The average Bonchev–Trinajstić information content (AvgIpc) is 2.66. The first kappa shape index (κ1) is 24.4. The molecule has 10 heteroatoms. The largest absolute Gasteiger partial charge is 0.457 e. The Kier molecular flexibility index (Phi) is 9.28. The van der Waals surface area contributed by atoms with Gasteiger partial charge in [0.15, 0.2) is 11.9 Å². The van der Waals surface area contributed by atoms with Crippen LogP contribution in [0.5, 0.6) is 23.0 Å². The Balaban J connectivity index is 0.00000225. The van der Waals surface area contributed by atoms with Crippen LogP contribution in [-0.2, 0) is 0 Å². The summed E-state index contributed by atoms with van der Waals surface area (Å²) in [7, 11) is 0. The summed E-state index contributed by atoms with van der Waals surface area (Å²) in [4.78, 5) is 7.92. The van der Waals surface area contributed by atoms with Gasteiger partial charge < -0.3 is 32.4 Å². The van der Waals surface area contributed by atoms with Crippen LogP contribution in [0.1, 0.15) is 0 Å². The molecule has 0 spiro atoms. The van der Waals surface area contributed by atoms with Crippen LogP contribution in [0.3, 0.4) is 0 Å². The van der Waals surface area contributed by atoms with Gasteiger partial charge in [0.05, 0.1) is 11.4 Å². The molecule has 0 amide bonds. The van der Waals surface area contributed by atoms with Crippen molar-refractivity contribution in [2.24, 2.45) is 32.9 Å². The second-order valence-corrected chi connectivity index (χ2v) is 5.74. The summed E-state index contributed by atoms with van der Waals surface area (Å²) in [6, 6.07) is 21.4. The van der Waals surface area contributed by atoms with E-state index in [1.165, 1.54) is 0 Å². The number of rotatable bonds is 6. The monoisotopic (exact) mass is 448 g/mol. The highest BCUT2D eigenvalue weighted by Gasteiger charge is 2.01. The van der Waals surface area contributed by atoms with Gasteiger partial charge in [-0.2, -0.15) is 0 Å². The summed E-state index contributed by atoms with van der Waals surface area (Å²) >= 11 is 0. The van der Waals surface area contributed by atoms with E-state index in [0.29, 0.717) is 34.4 Å². The molecule has 3 aromatic carbocycles. The van der Waals surface area contributed by atoms with Crippen molar-refractivity contribution in [2.75, 3.05) is 0 Å². The van der Waals surface area contributed by atoms with Crippen LogP contribution >= 0.6 is 24.8 Å². The summed E-state index contributed by atoms with van der Waals surface area (Å²) in [5, 5.41) is 0. The molecule has 3 rings (SSSR count). The number of aliphatic imine (C=N–C) groups is 2. The minimum atomic E-state index is 0. The molecule has 158 valence electrons. The Morgan fingerprint density at radius 2 is 0.700 bits per heavy atom. The molecule has 0 unspecified atom stereocenters. The maximum atomic E-state index is 5.79. The van der Waals surface area contributed by atoms with Crippen LogP contribution in [0.4, 0.5) is 11.4 Å². The van der Waals surface area contributed by atoms with Gasteiger partial charge >= 0.3 is 0 Å². The maximum Gasteiger partial charge on any atom is 0.191 e. The smallest absolute Gasteiger partial charge is 0.191 e. The molecular formula is C20H22Cl2N6O2. The molecule has 0 aromatic heterocycles. The van der Waals surface area contributed by atoms with Gasteiger partial charge in [0.1, 0.15) is 23.0 Å². The number of halogens is 2. The van der Waals surface area contributed by atoms with Gasteiger partial charge in [-0.1, -0.05) is 0 Å². The normalized spacial score (nSPS) is 9.33. The van der Waals surface area contributed by atoms with Crippen molar-refractivity contribution in [1.82, 2.24) is 0 Å². The zero-order valence-electron chi connectivity index (χ0n) is 15.8. The van der Waals surface area contributed by atoms with Crippen molar-refractivity contribution < 1.29 is 9.47 Å². The first-order valence-electron chi connectivity index (χ1n) is 8.33. The SMILES string of the molecule is Cl.Cl.NC(N)=Nc1ccc(Oc2ccc(Oc3ccc(N=C(N)N)cc3)cc2)cc1. The highest BCUT2D eigenvalue weighted by atomic mass is 35.5. The fraction of sp³-hybridized carbons (Fsp3) is 0. The zero-order chi connectivity index (χ0) is 19.9. The standard InChI is InChI=1S/C20H20N6O2.2ClH/c21-19(22)25-13-1-5-15(6-2-13)27-17-9-11-18(12-10-17)28-16-7-3-14(4-8-16)26-20(23)24;;/h1-12H,(H4,21,22,25)(H4,23,24,26);2*1H. The van der Waals surface area contributed by atoms with Gasteiger partial charge in [-0.15, -0.1) is 24.8 Å². The predicted molar refractivity (Wildman–Crippen MR) is 125 cm³/mol. The Bertz CT molecular complexity index is 901. The number of nitrogens with zero attached hydrogens (tertiary/aromatic N) is 2. The van der Waals surface area contributed by atoms with Gasteiger partial charge in [0.25, 0.3) is 0 Å². The van der Waals surface area contributed by atoms with E-state index in [2.05, 4.69) is 9.98 Å². The summed E-state index contributed by atoms with van der Waals surface area (Å²) in [5.74, 6) is 2.69. The first-order chi connectivity index (χ1) is 13.5. The molecule has 0 aliphatic rings. The third-order valence-electron chi connectivity index (χ3n) is 3.48. The van der Waals surface area contributed by atoms with Gasteiger partial charge in [-0.3, -0.25) is 0 Å². The van der Waals surface area contributed by atoms with E-state index in [1.54, 1.807) is 48.5 Å². The number of benzene rings is 3. The Morgan fingerprint density at radius 1 is 0.467 bits per heavy atom. The Hall–Kier alpha value is -3.62. The van der Waals surface area contributed by atoms with Crippen molar-refractivity contribution in [2.45, 2.75) is 0 Å². The van der Waals surface area contributed by atoms with Crippen molar-refractivity contribution in [3.8, 4) is 23.0 Å². The van der Waals surface area contributed by atoms with E-state index < -0.39 is 0 Å². The van der Waals surface area contributed by atoms with Crippen molar-refractivity contribution in [1.29, 1.82) is 0 Å². The molecule has 0 atom stereocenters. The Labute approximate surface area is 186 Å². The fourth-order valence-corrected chi connectivity index (χ4v) is 2.32. The first-order valence-corrected chi connectivity index (χ1v) is 8.33. The van der Waals surface area contributed by atoms with E-state index in [-0.39, 0.29) is 36.7 Å². The fourth-order valence-electron chi connectivity index (χ4n) is 2.32. The van der Waals surface area contributed by atoms with Crippen LogP contribution in [0.2, 0.25) is 0 Å². The van der Waals surface area contributed by atoms with Crippen molar-refractivity contribution in [3.05, 3.63) is 72.8 Å². The predicted octanol–water partition coefficient (Wildman–Crippen LogP) is 3.92. The number of guanidine groups is 2. The molecule has 0 fully saturated rings. The molecule has 0 heterocycles. The molecule has 30 heavy (non-hydrogen) atoms. The summed E-state index contributed by atoms with van der Waals surface area (Å²) in [6.07, 6.45) is 0. The third-order valence-corrected chi connectivity index (χ3v) is 3.48. The van der Waals surface area contributed by atoms with Crippen LogP contribution < -0.4 is 32.4 Å². The molecule has 0 bridgehead atoms. The molecule has 8 N–H and O–H groups in total. The van der Waals surface area contributed by atoms with Crippen molar-refractivity contribution >= 4 is 48.1 Å². The molecule has 0 aliphatic heterocycles. The van der Waals surface area contributed by atoms with Crippen LogP contribution in [0.15, 0.2) is 82.8 Å². The maximum absolute atomic E-state index is 5.79. The van der Waals surface area contributed by atoms with E-state index in [9.17, 15) is 0 Å². The molecule has 8 nitrogen and oxygen atoms in total. The lowest BCUT2D eigenvalue weighted by atomic mass is 10.3. The molecule has 0 radical (unpaired) electrons. The zero-order valence-corrected chi connectivity index (χ0v) is 17.4. The lowest BCUT2D eigenvalue weighted by Gasteiger charge is -2.09. The summed E-state index contributed by atoms with van der Waals surface area (Å²) in [6.45, 7) is 0. The van der Waals surface area contributed by atoms with Gasteiger partial charge in [-0.05, 0) is 72.8 Å². The van der Waals surface area contributed by atoms with Gasteiger partial charge in [-0.25, -0.2) is 9.98 Å². The Morgan fingerprint density at radius 3 is 0.933 bits per heavy atom. The van der Waals surface area contributed by atoms with E-state index in [1.807, 2.05) is 24.3 Å². The van der Waals surface area contributed by atoms with Crippen LogP contribution in [0, 0.1) is 0 Å². The van der Waals surface area contributed by atoms with E-state index in [0.717, 1.165) is 0 Å². The van der Waals surface area contributed by atoms with E-state index >= 15 is 0 Å². The van der Waals surface area contributed by atoms with Crippen LogP contribution in [-0.4, -0.2) is 11.9 Å². The molecule has 3 aromatic rings. The lowest BCUT2D eigenvalue weighted by molar-refractivity contribution is 0.469. The quantitative estimate of drug-likeness (QED) is 0.331. The van der Waals surface area contributed by atoms with E-state index in [4.69, 9.17) is 32.4 Å². The van der Waals surface area contributed by atoms with Gasteiger partial charge in [0.2, 0.25) is 0 Å². The molecule has 0 aliphatic carbocycles. The third kappa shape index (κ3) is 7.42. The minimum Gasteiger partial charge on any atom is -0.457 e. The highest BCUT2D eigenvalue weighted by Crippen LogP contribution is 2.28.